The second kappa shape index (κ2) is 5.85. The molecule has 0 aromatic carbocycles. The van der Waals surface area contributed by atoms with Gasteiger partial charge in [-0.1, -0.05) is 0 Å². The van der Waals surface area contributed by atoms with E-state index in [9.17, 15) is 4.79 Å². The van der Waals surface area contributed by atoms with Crippen molar-refractivity contribution >= 4 is 5.91 Å². The SMILES string of the molecule is CN(C)C(=O)Cn1cccc2cc(C3CCNCC3)nc1-2. The zero-order chi connectivity index (χ0) is 14.8. The molecule has 0 bridgehead atoms. The van der Waals surface area contributed by atoms with Crippen molar-refractivity contribution in [1.82, 2.24) is 19.8 Å². The Balaban J connectivity index is 1.89. The molecule has 1 saturated heterocycles. The third-order valence-electron chi connectivity index (χ3n) is 4.17. The third-order valence-corrected chi connectivity index (χ3v) is 4.17. The number of nitrogens with one attached hydrogen (secondary N) is 1. The van der Waals surface area contributed by atoms with Crippen LogP contribution in [-0.4, -0.2) is 47.5 Å². The lowest BCUT2D eigenvalue weighted by molar-refractivity contribution is -0.129. The molecule has 0 saturated carbocycles. The van der Waals surface area contributed by atoms with Crippen molar-refractivity contribution in [3.63, 3.8) is 0 Å². The highest BCUT2D eigenvalue weighted by atomic mass is 16.2. The first-order chi connectivity index (χ1) is 10.1. The Bertz CT molecular complexity index is 598. The zero-order valence-corrected chi connectivity index (χ0v) is 12.7. The van der Waals surface area contributed by atoms with Crippen molar-refractivity contribution in [2.24, 2.45) is 0 Å². The largest absolute Gasteiger partial charge is 0.347 e. The van der Waals surface area contributed by atoms with Crippen LogP contribution in [0.2, 0.25) is 0 Å². The molecule has 3 heterocycles. The van der Waals surface area contributed by atoms with Gasteiger partial charge in [0.2, 0.25) is 5.91 Å². The highest BCUT2D eigenvalue weighted by Gasteiger charge is 2.21. The van der Waals surface area contributed by atoms with Crippen molar-refractivity contribution in [3.8, 4) is 11.4 Å². The first-order valence-electron chi connectivity index (χ1n) is 7.52. The van der Waals surface area contributed by atoms with E-state index in [-0.39, 0.29) is 5.91 Å². The maximum absolute atomic E-state index is 11.9. The van der Waals surface area contributed by atoms with Crippen molar-refractivity contribution in [2.45, 2.75) is 25.3 Å². The van der Waals surface area contributed by atoms with Gasteiger partial charge in [0.1, 0.15) is 12.4 Å². The number of amides is 1. The number of pyridine rings is 1. The van der Waals surface area contributed by atoms with Gasteiger partial charge in [0.25, 0.3) is 0 Å². The number of carbonyl (C=O) groups is 1. The maximum atomic E-state index is 11.9. The number of piperidine rings is 1. The van der Waals surface area contributed by atoms with E-state index in [0.29, 0.717) is 12.5 Å². The molecule has 5 nitrogen and oxygen atoms in total. The summed E-state index contributed by atoms with van der Waals surface area (Å²) in [6, 6.07) is 6.24. The highest BCUT2D eigenvalue weighted by Crippen LogP contribution is 2.30. The molecular weight excluding hydrogens is 264 g/mol. The summed E-state index contributed by atoms with van der Waals surface area (Å²) in [6.07, 6.45) is 4.21. The Morgan fingerprint density at radius 3 is 2.90 bits per heavy atom. The summed E-state index contributed by atoms with van der Waals surface area (Å²) in [5.74, 6) is 1.54. The summed E-state index contributed by atoms with van der Waals surface area (Å²) in [4.78, 5) is 18.4. The lowest BCUT2D eigenvalue weighted by Crippen LogP contribution is -2.27. The van der Waals surface area contributed by atoms with Crippen LogP contribution in [0.3, 0.4) is 0 Å². The number of fused-ring (bicyclic) bond motifs is 1. The minimum absolute atomic E-state index is 0.0823. The van der Waals surface area contributed by atoms with Gasteiger partial charge in [-0.15, -0.1) is 0 Å². The molecule has 0 aromatic heterocycles. The monoisotopic (exact) mass is 286 g/mol. The minimum atomic E-state index is 0.0823. The predicted molar refractivity (Wildman–Crippen MR) is 82.4 cm³/mol. The van der Waals surface area contributed by atoms with E-state index in [0.717, 1.165) is 37.3 Å². The van der Waals surface area contributed by atoms with Crippen LogP contribution in [0, 0.1) is 0 Å². The molecule has 0 spiro atoms. The predicted octanol–water partition coefficient (Wildman–Crippen LogP) is 1.54. The van der Waals surface area contributed by atoms with Crippen molar-refractivity contribution in [2.75, 3.05) is 27.2 Å². The molecular formula is C16H22N4O. The van der Waals surface area contributed by atoms with Crippen molar-refractivity contribution in [1.29, 1.82) is 0 Å². The summed E-state index contributed by atoms with van der Waals surface area (Å²) in [6.45, 7) is 2.47. The Hall–Kier alpha value is -1.88. The van der Waals surface area contributed by atoms with Crippen molar-refractivity contribution in [3.05, 3.63) is 30.1 Å². The smallest absolute Gasteiger partial charge is 0.242 e. The molecule has 0 aromatic rings. The quantitative estimate of drug-likeness (QED) is 0.931. The molecule has 5 heteroatoms. The van der Waals surface area contributed by atoms with Gasteiger partial charge in [0, 0.05) is 37.5 Å². The summed E-state index contributed by atoms with van der Waals surface area (Å²) in [7, 11) is 3.56. The van der Waals surface area contributed by atoms with E-state index in [2.05, 4.69) is 17.4 Å². The Labute approximate surface area is 125 Å². The van der Waals surface area contributed by atoms with Crippen LogP contribution >= 0.6 is 0 Å². The van der Waals surface area contributed by atoms with Crippen molar-refractivity contribution < 1.29 is 4.79 Å². The van der Waals surface area contributed by atoms with Gasteiger partial charge in [-0.05, 0) is 44.1 Å². The minimum Gasteiger partial charge on any atom is -0.347 e. The molecule has 0 radical (unpaired) electrons. The lowest BCUT2D eigenvalue weighted by Gasteiger charge is -2.20. The molecule has 3 rings (SSSR count). The normalized spacial score (nSPS) is 16.3. The second-order valence-corrected chi connectivity index (χ2v) is 5.91. The molecule has 3 aliphatic rings. The second-order valence-electron chi connectivity index (χ2n) is 5.91. The number of likely N-dealkylation sites (N-methyl/N-ethyl adjacent to an activating group) is 1. The first kappa shape index (κ1) is 14.1. The highest BCUT2D eigenvalue weighted by molar-refractivity contribution is 5.76. The van der Waals surface area contributed by atoms with Gasteiger partial charge in [0.15, 0.2) is 0 Å². The molecule has 21 heavy (non-hydrogen) atoms. The van der Waals surface area contributed by atoms with E-state index < -0.39 is 0 Å². The molecule has 1 amide bonds. The van der Waals surface area contributed by atoms with Crippen LogP contribution in [0.4, 0.5) is 0 Å². The molecule has 1 fully saturated rings. The number of hydrogen-bond acceptors (Lipinski definition) is 3. The Morgan fingerprint density at radius 1 is 1.43 bits per heavy atom. The number of aromatic nitrogens is 2. The van der Waals surface area contributed by atoms with Gasteiger partial charge in [-0.25, -0.2) is 4.98 Å². The molecule has 1 N–H and O–H groups in total. The average molecular weight is 286 g/mol. The van der Waals surface area contributed by atoms with E-state index in [4.69, 9.17) is 4.98 Å². The van der Waals surface area contributed by atoms with Gasteiger partial charge in [-0.3, -0.25) is 4.79 Å². The fraction of sp³-hybridized carbons (Fsp3) is 0.500. The lowest BCUT2D eigenvalue weighted by atomic mass is 9.95. The standard InChI is InChI=1S/C16H22N4O/c1-19(2)15(21)11-20-9-3-4-13-10-14(18-16(13)20)12-5-7-17-8-6-12/h3-4,9-10,12,17H,5-8,11H2,1-2H3. The van der Waals surface area contributed by atoms with Gasteiger partial charge in [0.05, 0.1) is 0 Å². The summed E-state index contributed by atoms with van der Waals surface area (Å²) < 4.78 is 1.95. The summed E-state index contributed by atoms with van der Waals surface area (Å²) in [5.41, 5.74) is 2.29. The van der Waals surface area contributed by atoms with E-state index >= 15 is 0 Å². The van der Waals surface area contributed by atoms with E-state index in [1.54, 1.807) is 19.0 Å². The van der Waals surface area contributed by atoms with Crippen LogP contribution in [0.15, 0.2) is 24.4 Å². The summed E-state index contributed by atoms with van der Waals surface area (Å²) in [5, 5.41) is 3.39. The number of carbonyl (C=O) groups excluding carboxylic acids is 1. The maximum Gasteiger partial charge on any atom is 0.242 e. The molecule has 0 atom stereocenters. The van der Waals surface area contributed by atoms with Crippen LogP contribution in [0.1, 0.15) is 24.5 Å². The average Bonchev–Trinajstić information content (AvgIpc) is 2.93. The van der Waals surface area contributed by atoms with Crippen LogP contribution in [0.25, 0.3) is 11.4 Å². The number of rotatable bonds is 3. The Morgan fingerprint density at radius 2 is 2.19 bits per heavy atom. The molecule has 3 aliphatic heterocycles. The number of hydrogen-bond donors (Lipinski definition) is 1. The van der Waals surface area contributed by atoms with Crippen LogP contribution in [0.5, 0.6) is 0 Å². The molecule has 0 aliphatic carbocycles. The van der Waals surface area contributed by atoms with E-state index in [1.165, 1.54) is 5.69 Å². The first-order valence-corrected chi connectivity index (χ1v) is 7.52. The topological polar surface area (TPSA) is 50.2 Å². The molecule has 0 unspecified atom stereocenters. The van der Waals surface area contributed by atoms with Gasteiger partial charge in [-0.2, -0.15) is 0 Å². The Kier molecular flexibility index (Phi) is 3.92. The third kappa shape index (κ3) is 2.93. The van der Waals surface area contributed by atoms with E-state index in [1.807, 2.05) is 16.8 Å². The fourth-order valence-corrected chi connectivity index (χ4v) is 2.86. The van der Waals surface area contributed by atoms with Crippen LogP contribution in [-0.2, 0) is 11.3 Å². The molecule has 112 valence electrons. The number of nitrogens with zero attached hydrogens (tertiary/aromatic N) is 3. The van der Waals surface area contributed by atoms with Crippen LogP contribution < -0.4 is 5.32 Å². The van der Waals surface area contributed by atoms with Gasteiger partial charge < -0.3 is 14.8 Å². The fourth-order valence-electron chi connectivity index (χ4n) is 2.86. The zero-order valence-electron chi connectivity index (χ0n) is 12.7. The van der Waals surface area contributed by atoms with Gasteiger partial charge >= 0.3 is 0 Å². The summed E-state index contributed by atoms with van der Waals surface area (Å²) >= 11 is 0.